The summed E-state index contributed by atoms with van der Waals surface area (Å²) in [7, 11) is -5.61. The summed E-state index contributed by atoms with van der Waals surface area (Å²) in [5, 5.41) is 1.26. The van der Waals surface area contributed by atoms with Gasteiger partial charge in [0.25, 0.3) is 10.1 Å². The van der Waals surface area contributed by atoms with Crippen molar-refractivity contribution in [1.82, 2.24) is 0 Å². The lowest BCUT2D eigenvalue weighted by molar-refractivity contribution is 0.267. The number of rotatable bonds is 11. The van der Waals surface area contributed by atoms with Crippen molar-refractivity contribution < 1.29 is 17.0 Å². The van der Waals surface area contributed by atoms with E-state index in [0.29, 0.717) is 18.9 Å². The summed E-state index contributed by atoms with van der Waals surface area (Å²) in [6.07, 6.45) is 2.43. The first kappa shape index (κ1) is 22.8. The van der Waals surface area contributed by atoms with Crippen molar-refractivity contribution in [2.45, 2.75) is 57.0 Å². The van der Waals surface area contributed by atoms with Gasteiger partial charge in [-0.05, 0) is 61.2 Å². The second-order valence-electron chi connectivity index (χ2n) is 7.59. The molecule has 2 aromatic rings. The highest BCUT2D eigenvalue weighted by Crippen LogP contribution is 2.21. The van der Waals surface area contributed by atoms with E-state index in [0.717, 1.165) is 18.4 Å². The van der Waals surface area contributed by atoms with E-state index >= 15 is 0 Å². The molecule has 0 radical (unpaired) electrons. The summed E-state index contributed by atoms with van der Waals surface area (Å²) in [4.78, 5) is 0.216. The molecule has 6 heteroatoms. The Labute approximate surface area is 171 Å². The van der Waals surface area contributed by atoms with Gasteiger partial charge in [0, 0.05) is 6.61 Å². The molecular weight excluding hydrogens is 388 g/mol. The van der Waals surface area contributed by atoms with Gasteiger partial charge in [-0.15, -0.1) is 0 Å². The molecule has 0 N–H and O–H groups in total. The van der Waals surface area contributed by atoms with E-state index in [1.54, 1.807) is 12.1 Å². The van der Waals surface area contributed by atoms with Crippen LogP contribution in [0.3, 0.4) is 0 Å². The number of unbranched alkanes of at least 4 members (excludes halogenated alkanes) is 1. The molecule has 0 aromatic heterocycles. The standard InChI is InChI=1S/C22H32O4SSi/c1-5-19(2)20-13-15-21(16-14-20)27(23,24)25-17-9-10-18-26-28(3,4)22-11-7-6-8-12-22/h6-8,11-16,19H,5,9-10,17-18H2,1-4H3. The maximum absolute atomic E-state index is 12.3. The van der Waals surface area contributed by atoms with Gasteiger partial charge in [-0.25, -0.2) is 0 Å². The quantitative estimate of drug-likeness (QED) is 0.297. The van der Waals surface area contributed by atoms with Gasteiger partial charge in [0.15, 0.2) is 0 Å². The minimum atomic E-state index is -3.70. The second kappa shape index (κ2) is 10.3. The van der Waals surface area contributed by atoms with Gasteiger partial charge in [-0.1, -0.05) is 56.3 Å². The lowest BCUT2D eigenvalue weighted by Gasteiger charge is -2.23. The fraction of sp³-hybridized carbons (Fsp3) is 0.455. The van der Waals surface area contributed by atoms with Crippen LogP contribution in [0.4, 0.5) is 0 Å². The molecule has 0 heterocycles. The third-order valence-corrected chi connectivity index (χ3v) is 9.04. The van der Waals surface area contributed by atoms with Crippen molar-refractivity contribution >= 4 is 23.6 Å². The number of benzene rings is 2. The molecule has 1 unspecified atom stereocenters. The van der Waals surface area contributed by atoms with Crippen molar-refractivity contribution in [2.24, 2.45) is 0 Å². The van der Waals surface area contributed by atoms with Crippen LogP contribution in [0.1, 0.15) is 44.6 Å². The van der Waals surface area contributed by atoms with Crippen LogP contribution in [0.25, 0.3) is 0 Å². The van der Waals surface area contributed by atoms with Crippen LogP contribution >= 0.6 is 0 Å². The molecule has 0 saturated carbocycles. The largest absolute Gasteiger partial charge is 0.413 e. The monoisotopic (exact) mass is 420 g/mol. The van der Waals surface area contributed by atoms with Crippen LogP contribution in [0.5, 0.6) is 0 Å². The van der Waals surface area contributed by atoms with E-state index in [-0.39, 0.29) is 11.5 Å². The van der Waals surface area contributed by atoms with Crippen LogP contribution in [-0.4, -0.2) is 29.9 Å². The Morgan fingerprint density at radius 2 is 1.54 bits per heavy atom. The molecular formula is C22H32O4SSi. The fourth-order valence-corrected chi connectivity index (χ4v) is 5.65. The zero-order chi connectivity index (χ0) is 20.6. The molecule has 0 fully saturated rings. The van der Waals surface area contributed by atoms with Gasteiger partial charge in [0.2, 0.25) is 8.32 Å². The van der Waals surface area contributed by atoms with E-state index in [2.05, 4.69) is 39.1 Å². The maximum Gasteiger partial charge on any atom is 0.296 e. The zero-order valence-electron chi connectivity index (χ0n) is 17.4. The van der Waals surface area contributed by atoms with Gasteiger partial charge in [0.1, 0.15) is 0 Å². The highest BCUT2D eigenvalue weighted by Gasteiger charge is 2.24. The summed E-state index contributed by atoms with van der Waals surface area (Å²) in [5.41, 5.74) is 1.14. The Bertz CT molecular complexity index is 817. The molecule has 0 aliphatic carbocycles. The molecule has 0 bridgehead atoms. The molecule has 0 saturated heterocycles. The van der Waals surface area contributed by atoms with Gasteiger partial charge < -0.3 is 4.43 Å². The van der Waals surface area contributed by atoms with Gasteiger partial charge in [-0.3, -0.25) is 4.18 Å². The van der Waals surface area contributed by atoms with E-state index in [9.17, 15) is 8.42 Å². The van der Waals surface area contributed by atoms with Crippen molar-refractivity contribution in [2.75, 3.05) is 13.2 Å². The van der Waals surface area contributed by atoms with Crippen molar-refractivity contribution in [1.29, 1.82) is 0 Å². The third-order valence-electron chi connectivity index (χ3n) is 5.06. The van der Waals surface area contributed by atoms with E-state index in [4.69, 9.17) is 8.61 Å². The van der Waals surface area contributed by atoms with Crippen molar-refractivity contribution in [3.63, 3.8) is 0 Å². The van der Waals surface area contributed by atoms with Crippen LogP contribution in [0.2, 0.25) is 13.1 Å². The normalized spacial score (nSPS) is 13.4. The van der Waals surface area contributed by atoms with Gasteiger partial charge in [0.05, 0.1) is 11.5 Å². The molecule has 2 aromatic carbocycles. The third kappa shape index (κ3) is 6.55. The fourth-order valence-electron chi connectivity index (χ4n) is 2.89. The predicted molar refractivity (Wildman–Crippen MR) is 117 cm³/mol. The predicted octanol–water partition coefficient (Wildman–Crippen LogP) is 4.81. The maximum atomic E-state index is 12.3. The molecule has 0 aliphatic heterocycles. The van der Waals surface area contributed by atoms with E-state index in [1.165, 1.54) is 5.19 Å². The van der Waals surface area contributed by atoms with Crippen LogP contribution in [-0.2, 0) is 18.7 Å². The first-order valence-electron chi connectivity index (χ1n) is 9.95. The van der Waals surface area contributed by atoms with Gasteiger partial charge >= 0.3 is 0 Å². The number of hydrogen-bond donors (Lipinski definition) is 0. The smallest absolute Gasteiger partial charge is 0.296 e. The second-order valence-corrected chi connectivity index (χ2v) is 13.1. The highest BCUT2D eigenvalue weighted by atomic mass is 32.2. The molecule has 1 atom stereocenters. The summed E-state index contributed by atoms with van der Waals surface area (Å²) in [6.45, 7) is 9.38. The molecule has 154 valence electrons. The molecule has 4 nitrogen and oxygen atoms in total. The Balaban J connectivity index is 1.75. The summed E-state index contributed by atoms with van der Waals surface area (Å²) in [6, 6.07) is 17.3. The molecule has 28 heavy (non-hydrogen) atoms. The molecule has 0 aliphatic rings. The Morgan fingerprint density at radius 1 is 0.929 bits per heavy atom. The average Bonchev–Trinajstić information content (AvgIpc) is 2.70. The number of hydrogen-bond acceptors (Lipinski definition) is 4. The Kier molecular flexibility index (Phi) is 8.43. The van der Waals surface area contributed by atoms with Crippen molar-refractivity contribution in [3.8, 4) is 0 Å². The topological polar surface area (TPSA) is 52.6 Å². The summed E-state index contributed by atoms with van der Waals surface area (Å²) in [5.74, 6) is 0.418. The summed E-state index contributed by atoms with van der Waals surface area (Å²) < 4.78 is 35.9. The van der Waals surface area contributed by atoms with Crippen molar-refractivity contribution in [3.05, 3.63) is 60.2 Å². The Hall–Kier alpha value is -1.47. The Morgan fingerprint density at radius 3 is 2.14 bits per heavy atom. The van der Waals surface area contributed by atoms with Gasteiger partial charge in [-0.2, -0.15) is 8.42 Å². The van der Waals surface area contributed by atoms with Crippen LogP contribution in [0, 0.1) is 0 Å². The van der Waals surface area contributed by atoms with Crippen LogP contribution < -0.4 is 5.19 Å². The molecule has 0 amide bonds. The average molecular weight is 421 g/mol. The first-order chi connectivity index (χ1) is 13.3. The SMILES string of the molecule is CCC(C)c1ccc(S(=O)(=O)OCCCCO[Si](C)(C)c2ccccc2)cc1. The zero-order valence-corrected chi connectivity index (χ0v) is 19.2. The lowest BCUT2D eigenvalue weighted by atomic mass is 9.99. The summed E-state index contributed by atoms with van der Waals surface area (Å²) >= 11 is 0. The van der Waals surface area contributed by atoms with E-state index < -0.39 is 18.4 Å². The van der Waals surface area contributed by atoms with E-state index in [1.807, 2.05) is 30.3 Å². The van der Waals surface area contributed by atoms with Crippen LogP contribution in [0.15, 0.2) is 59.5 Å². The lowest BCUT2D eigenvalue weighted by Crippen LogP contribution is -2.44. The molecule has 2 rings (SSSR count). The first-order valence-corrected chi connectivity index (χ1v) is 14.3. The minimum Gasteiger partial charge on any atom is -0.413 e. The minimum absolute atomic E-state index is 0.173. The molecule has 0 spiro atoms. The highest BCUT2D eigenvalue weighted by molar-refractivity contribution is 7.86.